The summed E-state index contributed by atoms with van der Waals surface area (Å²) in [5.74, 6) is 0.190. The maximum atomic E-state index is 11.0. The Morgan fingerprint density at radius 3 is 1.67 bits per heavy atom. The fraction of sp³-hybridized carbons (Fsp3) is 0.955. The number of hydrogen-bond donors (Lipinski definition) is 0. The topological polar surface area (TPSA) is 54.0 Å². The van der Waals surface area contributed by atoms with E-state index in [9.17, 15) is 4.79 Å². The van der Waals surface area contributed by atoms with Gasteiger partial charge in [0.2, 0.25) is 0 Å². The Morgan fingerprint density at radius 2 is 1.22 bits per heavy atom. The van der Waals surface area contributed by atoms with Crippen LogP contribution in [0.4, 0.5) is 0 Å². The number of Topliss-reactive ketones (excluding diaryl/α,β-unsaturated/α-hetero) is 1. The molecule has 0 aromatic heterocycles. The SMILES string of the molecule is CCOCC1(C)CCC(=O)CC1.CCOCC1(C)CCC2(CC1)OCCO2. The first-order chi connectivity index (χ1) is 12.8. The van der Waals surface area contributed by atoms with Crippen molar-refractivity contribution < 1.29 is 23.7 Å². The van der Waals surface area contributed by atoms with E-state index in [1.807, 2.05) is 6.92 Å². The van der Waals surface area contributed by atoms with E-state index < -0.39 is 0 Å². The van der Waals surface area contributed by atoms with Crippen LogP contribution in [0, 0.1) is 10.8 Å². The molecular formula is C22H40O5. The third-order valence-electron chi connectivity index (χ3n) is 6.36. The molecule has 1 aliphatic heterocycles. The maximum absolute atomic E-state index is 11.0. The highest BCUT2D eigenvalue weighted by Gasteiger charge is 2.44. The zero-order valence-electron chi connectivity index (χ0n) is 17.9. The van der Waals surface area contributed by atoms with E-state index in [4.69, 9.17) is 18.9 Å². The van der Waals surface area contributed by atoms with Crippen LogP contribution in [-0.4, -0.2) is 51.2 Å². The molecule has 0 bridgehead atoms. The van der Waals surface area contributed by atoms with Gasteiger partial charge in [-0.15, -0.1) is 0 Å². The van der Waals surface area contributed by atoms with E-state index in [0.717, 1.165) is 91.0 Å². The summed E-state index contributed by atoms with van der Waals surface area (Å²) in [6.45, 7) is 13.4. The zero-order valence-corrected chi connectivity index (χ0v) is 17.9. The van der Waals surface area contributed by atoms with Crippen LogP contribution >= 0.6 is 0 Å². The number of hydrogen-bond acceptors (Lipinski definition) is 5. The third kappa shape index (κ3) is 7.12. The Labute approximate surface area is 165 Å². The molecular weight excluding hydrogens is 344 g/mol. The zero-order chi connectivity index (χ0) is 19.8. The second-order valence-electron chi connectivity index (χ2n) is 9.04. The number of ether oxygens (including phenoxy) is 4. The van der Waals surface area contributed by atoms with Crippen molar-refractivity contribution in [2.45, 2.75) is 84.8 Å². The number of rotatable bonds is 6. The summed E-state index contributed by atoms with van der Waals surface area (Å²) in [5, 5.41) is 0. The monoisotopic (exact) mass is 384 g/mol. The van der Waals surface area contributed by atoms with Crippen molar-refractivity contribution in [2.75, 3.05) is 39.6 Å². The molecule has 5 nitrogen and oxygen atoms in total. The average Bonchev–Trinajstić information content (AvgIpc) is 3.13. The number of carbonyl (C=O) groups excluding carboxylic acids is 1. The molecule has 0 N–H and O–H groups in total. The molecule has 3 aliphatic rings. The first kappa shape index (κ1) is 22.8. The van der Waals surface area contributed by atoms with Crippen LogP contribution in [0.1, 0.15) is 79.1 Å². The molecule has 0 unspecified atom stereocenters. The van der Waals surface area contributed by atoms with Crippen molar-refractivity contribution in [3.8, 4) is 0 Å². The Balaban J connectivity index is 0.000000199. The summed E-state index contributed by atoms with van der Waals surface area (Å²) >= 11 is 0. The Hall–Kier alpha value is -0.490. The van der Waals surface area contributed by atoms with Gasteiger partial charge in [-0.05, 0) is 50.4 Å². The number of carbonyl (C=O) groups is 1. The summed E-state index contributed by atoms with van der Waals surface area (Å²) < 4.78 is 22.4. The van der Waals surface area contributed by atoms with Gasteiger partial charge in [0.1, 0.15) is 5.78 Å². The molecule has 1 heterocycles. The summed E-state index contributed by atoms with van der Waals surface area (Å²) in [5.41, 5.74) is 0.598. The highest BCUT2D eigenvalue weighted by Crippen LogP contribution is 2.44. The van der Waals surface area contributed by atoms with Crippen molar-refractivity contribution in [1.29, 1.82) is 0 Å². The van der Waals surface area contributed by atoms with Gasteiger partial charge in [-0.2, -0.15) is 0 Å². The molecule has 1 saturated heterocycles. The molecule has 0 atom stereocenters. The van der Waals surface area contributed by atoms with E-state index in [-0.39, 0.29) is 11.2 Å². The van der Waals surface area contributed by atoms with Crippen molar-refractivity contribution in [3.05, 3.63) is 0 Å². The number of ketones is 1. The van der Waals surface area contributed by atoms with E-state index >= 15 is 0 Å². The molecule has 3 fully saturated rings. The van der Waals surface area contributed by atoms with Crippen LogP contribution in [0.5, 0.6) is 0 Å². The summed E-state index contributed by atoms with van der Waals surface area (Å²) in [4.78, 5) is 11.0. The van der Waals surface area contributed by atoms with Crippen LogP contribution in [0.25, 0.3) is 0 Å². The minimum Gasteiger partial charge on any atom is -0.381 e. The molecule has 27 heavy (non-hydrogen) atoms. The van der Waals surface area contributed by atoms with Gasteiger partial charge in [0.05, 0.1) is 26.4 Å². The molecule has 1 spiro atoms. The lowest BCUT2D eigenvalue weighted by atomic mass is 9.74. The van der Waals surface area contributed by atoms with Gasteiger partial charge >= 0.3 is 0 Å². The predicted molar refractivity (Wildman–Crippen MR) is 106 cm³/mol. The van der Waals surface area contributed by atoms with Gasteiger partial charge in [-0.3, -0.25) is 4.79 Å². The van der Waals surface area contributed by atoms with E-state index in [2.05, 4.69) is 20.8 Å². The molecule has 158 valence electrons. The largest absolute Gasteiger partial charge is 0.381 e. The third-order valence-corrected chi connectivity index (χ3v) is 6.36. The fourth-order valence-electron chi connectivity index (χ4n) is 4.14. The van der Waals surface area contributed by atoms with Crippen LogP contribution < -0.4 is 0 Å². The van der Waals surface area contributed by atoms with Crippen molar-refractivity contribution in [3.63, 3.8) is 0 Å². The molecule has 2 aliphatic carbocycles. The Bertz CT molecular complexity index is 436. The Kier molecular flexibility index (Phi) is 8.72. The van der Waals surface area contributed by atoms with Crippen molar-refractivity contribution in [2.24, 2.45) is 10.8 Å². The molecule has 2 saturated carbocycles. The van der Waals surface area contributed by atoms with Gasteiger partial charge in [0.25, 0.3) is 0 Å². The molecule has 0 aromatic rings. The Morgan fingerprint density at radius 1 is 0.778 bits per heavy atom. The first-order valence-electron chi connectivity index (χ1n) is 10.8. The van der Waals surface area contributed by atoms with Crippen LogP contribution in [-0.2, 0) is 23.7 Å². The van der Waals surface area contributed by atoms with E-state index in [1.54, 1.807) is 0 Å². The molecule has 5 heteroatoms. The quantitative estimate of drug-likeness (QED) is 0.674. The summed E-state index contributed by atoms with van der Waals surface area (Å²) in [7, 11) is 0. The smallest absolute Gasteiger partial charge is 0.168 e. The van der Waals surface area contributed by atoms with E-state index in [1.165, 1.54) is 0 Å². The van der Waals surface area contributed by atoms with Crippen LogP contribution in [0.2, 0.25) is 0 Å². The first-order valence-corrected chi connectivity index (χ1v) is 10.8. The predicted octanol–water partition coefficient (Wildman–Crippen LogP) is 4.52. The van der Waals surface area contributed by atoms with Crippen molar-refractivity contribution in [1.82, 2.24) is 0 Å². The van der Waals surface area contributed by atoms with Gasteiger partial charge in [-0.1, -0.05) is 13.8 Å². The lowest BCUT2D eigenvalue weighted by Gasteiger charge is -2.41. The lowest BCUT2D eigenvalue weighted by molar-refractivity contribution is -0.194. The molecule has 0 radical (unpaired) electrons. The highest BCUT2D eigenvalue weighted by molar-refractivity contribution is 5.79. The normalized spacial score (nSPS) is 25.9. The van der Waals surface area contributed by atoms with E-state index in [0.29, 0.717) is 11.2 Å². The second kappa shape index (κ2) is 10.3. The molecule has 0 aromatic carbocycles. The van der Waals surface area contributed by atoms with Gasteiger partial charge in [0.15, 0.2) is 5.79 Å². The van der Waals surface area contributed by atoms with Crippen LogP contribution in [0.3, 0.4) is 0 Å². The minimum absolute atomic E-state index is 0.230. The maximum Gasteiger partial charge on any atom is 0.168 e. The summed E-state index contributed by atoms with van der Waals surface area (Å²) in [6.07, 6.45) is 7.86. The highest BCUT2D eigenvalue weighted by atomic mass is 16.7. The molecule has 3 rings (SSSR count). The fourth-order valence-corrected chi connectivity index (χ4v) is 4.14. The van der Waals surface area contributed by atoms with Gasteiger partial charge < -0.3 is 18.9 Å². The minimum atomic E-state index is -0.230. The standard InChI is InChI=1S/C12H22O3.C10H18O2/c1-3-13-10-11(2)4-6-12(7-5-11)14-8-9-15-12;1-3-12-8-10(2)6-4-9(11)5-7-10/h3-10H2,1-2H3;3-8H2,1-2H3. The average molecular weight is 385 g/mol. The van der Waals surface area contributed by atoms with Gasteiger partial charge in [0, 0.05) is 38.9 Å². The lowest BCUT2D eigenvalue weighted by Crippen LogP contribution is -2.40. The molecule has 0 amide bonds. The second-order valence-corrected chi connectivity index (χ2v) is 9.04. The van der Waals surface area contributed by atoms with Crippen molar-refractivity contribution >= 4 is 5.78 Å². The summed E-state index contributed by atoms with van der Waals surface area (Å²) in [6, 6.07) is 0. The van der Waals surface area contributed by atoms with Crippen LogP contribution in [0.15, 0.2) is 0 Å². The van der Waals surface area contributed by atoms with Gasteiger partial charge in [-0.25, -0.2) is 0 Å².